The van der Waals surface area contributed by atoms with Gasteiger partial charge in [-0.05, 0) is 80.5 Å². The van der Waals surface area contributed by atoms with Crippen molar-refractivity contribution in [3.8, 4) is 5.75 Å². The molecule has 7 rings (SSSR count). The van der Waals surface area contributed by atoms with Crippen LogP contribution in [0.2, 0.25) is 0 Å². The van der Waals surface area contributed by atoms with Gasteiger partial charge in [-0.1, -0.05) is 30.3 Å². The number of carbonyl (C=O) groups excluding carboxylic acids is 2. The van der Waals surface area contributed by atoms with Gasteiger partial charge in [0.1, 0.15) is 35.1 Å². The minimum Gasteiger partial charge on any atom is -0.489 e. The van der Waals surface area contributed by atoms with E-state index in [0.29, 0.717) is 74.3 Å². The first-order valence-electron chi connectivity index (χ1n) is 17.6. The number of amides is 2. The highest BCUT2D eigenvalue weighted by atomic mass is 16.5. The molecule has 1 saturated carbocycles. The van der Waals surface area contributed by atoms with Crippen LogP contribution in [0.4, 0.5) is 11.5 Å². The number of amidine groups is 1. The molecular weight excluding hydrogens is 644 g/mol. The molecule has 2 amide bonds. The number of nitrogen functional groups attached to an aromatic ring is 1. The molecular formula is C38H44N10O3. The number of aliphatic imine (C=N–C) groups is 2. The highest BCUT2D eigenvalue weighted by Crippen LogP contribution is 2.42. The molecule has 1 spiro atoms. The van der Waals surface area contributed by atoms with Crippen LogP contribution in [0.15, 0.2) is 70.8 Å². The largest absolute Gasteiger partial charge is 0.489 e. The molecule has 51 heavy (non-hydrogen) atoms. The number of likely N-dealkylation sites (tertiary alicyclic amines) is 1. The molecule has 3 aromatic rings. The lowest BCUT2D eigenvalue weighted by atomic mass is 9.85. The smallest absolute Gasteiger partial charge is 0.237 e. The van der Waals surface area contributed by atoms with Gasteiger partial charge in [0.2, 0.25) is 11.8 Å². The van der Waals surface area contributed by atoms with Crippen molar-refractivity contribution in [1.29, 1.82) is 5.41 Å². The third-order valence-electron chi connectivity index (χ3n) is 10.5. The van der Waals surface area contributed by atoms with Gasteiger partial charge in [0.05, 0.1) is 35.6 Å². The van der Waals surface area contributed by atoms with Gasteiger partial charge in [0, 0.05) is 38.8 Å². The SMILES string of the molecule is CN=CN=C(N)c1ccc(C2=CCN(C(=O)CN3CC[C@]4(CCN(c5ccc(N)c(C(=N)c6ccc(OC7CCC7)cn6)n5)C4=O)C3)CC2)cc1. The summed E-state index contributed by atoms with van der Waals surface area (Å²) in [5.74, 6) is 1.64. The minimum absolute atomic E-state index is 0.00547. The average Bonchev–Trinajstić information content (AvgIpc) is 3.70. The Morgan fingerprint density at radius 3 is 2.59 bits per heavy atom. The first kappa shape index (κ1) is 34.0. The molecule has 0 unspecified atom stereocenters. The lowest BCUT2D eigenvalue weighted by Gasteiger charge is -2.29. The van der Waals surface area contributed by atoms with E-state index in [0.717, 1.165) is 30.4 Å². The van der Waals surface area contributed by atoms with Crippen LogP contribution >= 0.6 is 0 Å². The van der Waals surface area contributed by atoms with Crippen molar-refractivity contribution < 1.29 is 14.3 Å². The molecule has 4 aliphatic rings. The number of anilines is 2. The van der Waals surface area contributed by atoms with Crippen LogP contribution in [0.1, 0.15) is 61.0 Å². The second kappa shape index (κ2) is 14.4. The zero-order chi connectivity index (χ0) is 35.5. The predicted octanol–water partition coefficient (Wildman–Crippen LogP) is 3.51. The fourth-order valence-electron chi connectivity index (χ4n) is 7.22. The molecule has 2 aromatic heterocycles. The Hall–Kier alpha value is -5.43. The number of rotatable bonds is 10. The molecule has 5 N–H and O–H groups in total. The zero-order valence-electron chi connectivity index (χ0n) is 28.9. The third-order valence-corrected chi connectivity index (χ3v) is 10.5. The van der Waals surface area contributed by atoms with Crippen LogP contribution < -0.4 is 21.1 Å². The molecule has 1 aromatic carbocycles. The Labute approximate surface area is 297 Å². The van der Waals surface area contributed by atoms with E-state index >= 15 is 0 Å². The van der Waals surface area contributed by atoms with Gasteiger partial charge >= 0.3 is 0 Å². The summed E-state index contributed by atoms with van der Waals surface area (Å²) in [6.07, 6.45) is 10.8. The minimum atomic E-state index is -0.562. The van der Waals surface area contributed by atoms with E-state index in [4.69, 9.17) is 26.6 Å². The number of hydrogen-bond donors (Lipinski definition) is 3. The summed E-state index contributed by atoms with van der Waals surface area (Å²) in [4.78, 5) is 50.1. The van der Waals surface area contributed by atoms with Gasteiger partial charge in [-0.25, -0.2) is 9.98 Å². The second-order valence-corrected chi connectivity index (χ2v) is 13.8. The normalized spacial score (nSPS) is 21.4. The number of benzene rings is 1. The molecule has 3 fully saturated rings. The van der Waals surface area contributed by atoms with Crippen LogP contribution in [-0.2, 0) is 9.59 Å². The molecule has 0 radical (unpaired) electrons. The van der Waals surface area contributed by atoms with Crippen LogP contribution in [0.5, 0.6) is 5.75 Å². The van der Waals surface area contributed by atoms with E-state index in [9.17, 15) is 9.59 Å². The van der Waals surface area contributed by atoms with E-state index in [1.165, 1.54) is 18.3 Å². The molecule has 2 saturated heterocycles. The van der Waals surface area contributed by atoms with Crippen LogP contribution in [0.3, 0.4) is 0 Å². The predicted molar refractivity (Wildman–Crippen MR) is 198 cm³/mol. The van der Waals surface area contributed by atoms with E-state index in [1.54, 1.807) is 36.3 Å². The maximum absolute atomic E-state index is 14.0. The van der Waals surface area contributed by atoms with Gasteiger partial charge in [0.25, 0.3) is 0 Å². The van der Waals surface area contributed by atoms with Crippen LogP contribution in [0, 0.1) is 10.8 Å². The summed E-state index contributed by atoms with van der Waals surface area (Å²) in [5.41, 5.74) is 16.0. The Kier molecular flexibility index (Phi) is 9.63. The first-order valence-corrected chi connectivity index (χ1v) is 17.6. The Balaban J connectivity index is 0.942. The monoisotopic (exact) mass is 688 g/mol. The quantitative estimate of drug-likeness (QED) is 0.214. The molecule has 13 heteroatoms. The van der Waals surface area contributed by atoms with E-state index in [2.05, 4.69) is 25.9 Å². The molecule has 3 aliphatic heterocycles. The maximum atomic E-state index is 14.0. The topological polar surface area (TPSA) is 179 Å². The van der Waals surface area contributed by atoms with Crippen molar-refractivity contribution in [3.05, 3.63) is 83.3 Å². The number of pyridine rings is 2. The van der Waals surface area contributed by atoms with Crippen molar-refractivity contribution in [3.63, 3.8) is 0 Å². The van der Waals surface area contributed by atoms with Gasteiger partial charge in [0.15, 0.2) is 0 Å². The first-order chi connectivity index (χ1) is 24.7. The van der Waals surface area contributed by atoms with Crippen molar-refractivity contribution in [2.45, 2.75) is 44.6 Å². The number of nitrogens with one attached hydrogen (secondary N) is 1. The summed E-state index contributed by atoms with van der Waals surface area (Å²) in [5, 5.41) is 8.81. The van der Waals surface area contributed by atoms with Gasteiger partial charge in [-0.3, -0.25) is 34.8 Å². The Morgan fingerprint density at radius 1 is 1.10 bits per heavy atom. The van der Waals surface area contributed by atoms with Crippen LogP contribution in [0.25, 0.3) is 5.57 Å². The van der Waals surface area contributed by atoms with Gasteiger partial charge < -0.3 is 21.1 Å². The standard InChI is InChI=1S/C38H44N10O3/c1-42-24-44-36(41)27-7-5-25(6-8-27)26-13-17-47(18-14-26)33(49)22-46-19-15-38(23-46)16-20-48(37(38)50)32-12-10-30(39)35(45-32)34(40)31-11-9-29(21-43-31)51-28-3-2-4-28/h5-13,21,24,28,40H,2-4,14-20,22-23,39H2,1H3,(H2,41,42,44)/t38-/m0/s1. The van der Waals surface area contributed by atoms with E-state index in [1.807, 2.05) is 35.2 Å². The van der Waals surface area contributed by atoms with Crippen molar-refractivity contribution >= 4 is 46.8 Å². The summed E-state index contributed by atoms with van der Waals surface area (Å²) in [6.45, 7) is 3.20. The Morgan fingerprint density at radius 2 is 1.90 bits per heavy atom. The van der Waals surface area contributed by atoms with Gasteiger partial charge in [-0.15, -0.1) is 0 Å². The van der Waals surface area contributed by atoms with E-state index in [-0.39, 0.29) is 35.9 Å². The lowest BCUT2D eigenvalue weighted by Crippen LogP contribution is -2.43. The van der Waals surface area contributed by atoms with Crippen molar-refractivity contribution in [2.24, 2.45) is 21.1 Å². The number of nitrogens with two attached hydrogens (primary N) is 2. The molecule has 0 bridgehead atoms. The fourth-order valence-corrected chi connectivity index (χ4v) is 7.22. The lowest BCUT2D eigenvalue weighted by molar-refractivity contribution is -0.132. The van der Waals surface area contributed by atoms with E-state index < -0.39 is 5.41 Å². The number of carbonyl (C=O) groups is 2. The van der Waals surface area contributed by atoms with Crippen molar-refractivity contribution in [1.82, 2.24) is 19.8 Å². The fraction of sp³-hybridized carbons (Fsp3) is 0.395. The summed E-state index contributed by atoms with van der Waals surface area (Å²) < 4.78 is 5.90. The average molecular weight is 689 g/mol. The summed E-state index contributed by atoms with van der Waals surface area (Å²) in [6, 6.07) is 14.9. The number of nitrogens with zero attached hydrogens (tertiary/aromatic N) is 7. The van der Waals surface area contributed by atoms with Crippen molar-refractivity contribution in [2.75, 3.05) is 56.9 Å². The summed E-state index contributed by atoms with van der Waals surface area (Å²) in [7, 11) is 1.65. The molecule has 5 heterocycles. The highest BCUT2D eigenvalue weighted by molar-refractivity contribution is 6.12. The number of hydrogen-bond acceptors (Lipinski definition) is 9. The van der Waals surface area contributed by atoms with Gasteiger partial charge in [-0.2, -0.15) is 0 Å². The zero-order valence-corrected chi connectivity index (χ0v) is 28.9. The molecule has 264 valence electrons. The number of aromatic nitrogens is 2. The number of ether oxygens (including phenoxy) is 1. The highest BCUT2D eigenvalue weighted by Gasteiger charge is 2.51. The summed E-state index contributed by atoms with van der Waals surface area (Å²) >= 11 is 0. The third kappa shape index (κ3) is 7.11. The maximum Gasteiger partial charge on any atom is 0.237 e. The molecule has 13 nitrogen and oxygen atoms in total. The Bertz CT molecular complexity index is 1900. The molecule has 1 atom stereocenters. The molecule has 1 aliphatic carbocycles. The van der Waals surface area contributed by atoms with Crippen LogP contribution in [-0.4, -0.2) is 102 Å². The second-order valence-electron chi connectivity index (χ2n) is 13.8.